The van der Waals surface area contributed by atoms with Crippen LogP contribution in [0.25, 0.3) is 5.69 Å². The maximum Gasteiger partial charge on any atom is 0.271 e. The third-order valence-electron chi connectivity index (χ3n) is 4.39. The van der Waals surface area contributed by atoms with Crippen molar-refractivity contribution in [2.75, 3.05) is 0 Å². The summed E-state index contributed by atoms with van der Waals surface area (Å²) in [5.41, 5.74) is 7.93. The van der Waals surface area contributed by atoms with Gasteiger partial charge in [-0.05, 0) is 56.7 Å². The first-order chi connectivity index (χ1) is 12.9. The van der Waals surface area contributed by atoms with E-state index < -0.39 is 0 Å². The summed E-state index contributed by atoms with van der Waals surface area (Å²) >= 11 is 12.2. The number of rotatable bonds is 4. The molecule has 3 aromatic rings. The minimum absolute atomic E-state index is 0.234. The van der Waals surface area contributed by atoms with E-state index in [1.807, 2.05) is 57.2 Å². The molecule has 1 aromatic heterocycles. The summed E-state index contributed by atoms with van der Waals surface area (Å²) in [6, 6.07) is 14.9. The van der Waals surface area contributed by atoms with E-state index in [0.717, 1.165) is 28.2 Å². The first-order valence-electron chi connectivity index (χ1n) is 8.42. The standard InChI is InChI=1S/C21H19Cl2N3O/c1-13-6-4-5-7-18(13)21(27)25-24-12-16-10-14(2)26(15(16)3)17-8-9-19(22)20(23)11-17/h4-12H,1-3H3,(H,25,27)/b24-12-. The van der Waals surface area contributed by atoms with Gasteiger partial charge < -0.3 is 4.57 Å². The number of hydrogen-bond donors (Lipinski definition) is 1. The summed E-state index contributed by atoms with van der Waals surface area (Å²) in [6.07, 6.45) is 1.65. The molecule has 0 atom stereocenters. The van der Waals surface area contributed by atoms with Crippen molar-refractivity contribution in [1.29, 1.82) is 0 Å². The number of nitrogens with one attached hydrogen (secondary N) is 1. The van der Waals surface area contributed by atoms with Crippen molar-refractivity contribution in [2.24, 2.45) is 5.10 Å². The molecular formula is C21H19Cl2N3O. The van der Waals surface area contributed by atoms with Gasteiger partial charge in [0.2, 0.25) is 0 Å². The minimum atomic E-state index is -0.234. The number of benzene rings is 2. The molecule has 27 heavy (non-hydrogen) atoms. The molecule has 1 amide bonds. The van der Waals surface area contributed by atoms with Crippen molar-refractivity contribution in [3.8, 4) is 5.69 Å². The second kappa shape index (κ2) is 7.99. The summed E-state index contributed by atoms with van der Waals surface area (Å²) in [5, 5.41) is 5.13. The normalized spacial score (nSPS) is 11.1. The minimum Gasteiger partial charge on any atom is -0.318 e. The Morgan fingerprint density at radius 1 is 1.04 bits per heavy atom. The third-order valence-corrected chi connectivity index (χ3v) is 5.13. The highest BCUT2D eigenvalue weighted by Gasteiger charge is 2.11. The average molecular weight is 400 g/mol. The third kappa shape index (κ3) is 4.07. The van der Waals surface area contributed by atoms with E-state index in [-0.39, 0.29) is 5.91 Å². The molecule has 1 heterocycles. The number of carbonyl (C=O) groups is 1. The molecule has 0 spiro atoms. The predicted octanol–water partition coefficient (Wildman–Crippen LogP) is 5.47. The summed E-state index contributed by atoms with van der Waals surface area (Å²) in [7, 11) is 0. The molecule has 0 radical (unpaired) electrons. The maximum atomic E-state index is 12.2. The van der Waals surface area contributed by atoms with Gasteiger partial charge in [-0.25, -0.2) is 5.43 Å². The van der Waals surface area contributed by atoms with Gasteiger partial charge in [0.15, 0.2) is 0 Å². The van der Waals surface area contributed by atoms with Crippen LogP contribution < -0.4 is 5.43 Å². The first kappa shape index (κ1) is 19.2. The van der Waals surface area contributed by atoms with Gasteiger partial charge in [-0.15, -0.1) is 0 Å². The monoisotopic (exact) mass is 399 g/mol. The molecule has 0 saturated heterocycles. The van der Waals surface area contributed by atoms with Gasteiger partial charge in [0.1, 0.15) is 0 Å². The van der Waals surface area contributed by atoms with Gasteiger partial charge in [-0.3, -0.25) is 4.79 Å². The van der Waals surface area contributed by atoms with E-state index in [1.165, 1.54) is 0 Å². The molecule has 0 aliphatic rings. The summed E-state index contributed by atoms with van der Waals surface area (Å²) in [4.78, 5) is 12.2. The molecule has 4 nitrogen and oxygen atoms in total. The number of amides is 1. The fraction of sp³-hybridized carbons (Fsp3) is 0.143. The van der Waals surface area contributed by atoms with Gasteiger partial charge in [0, 0.05) is 28.2 Å². The molecule has 3 rings (SSSR count). The number of hydrogen-bond acceptors (Lipinski definition) is 2. The molecule has 1 N–H and O–H groups in total. The summed E-state index contributed by atoms with van der Waals surface area (Å²) in [6.45, 7) is 5.88. The van der Waals surface area contributed by atoms with Gasteiger partial charge in [-0.2, -0.15) is 5.10 Å². The van der Waals surface area contributed by atoms with Crippen molar-refractivity contribution in [3.05, 3.63) is 86.7 Å². The summed E-state index contributed by atoms with van der Waals surface area (Å²) < 4.78 is 2.06. The van der Waals surface area contributed by atoms with E-state index in [1.54, 1.807) is 18.3 Å². The van der Waals surface area contributed by atoms with Gasteiger partial charge in [-0.1, -0.05) is 41.4 Å². The molecule has 0 aliphatic carbocycles. The number of hydrazone groups is 1. The van der Waals surface area contributed by atoms with E-state index in [2.05, 4.69) is 15.1 Å². The van der Waals surface area contributed by atoms with Crippen molar-refractivity contribution < 1.29 is 4.79 Å². The average Bonchev–Trinajstić information content (AvgIpc) is 2.91. The van der Waals surface area contributed by atoms with Crippen molar-refractivity contribution >= 4 is 35.3 Å². The van der Waals surface area contributed by atoms with Crippen LogP contribution in [0.4, 0.5) is 0 Å². The Kier molecular flexibility index (Phi) is 5.68. The molecule has 6 heteroatoms. The summed E-state index contributed by atoms with van der Waals surface area (Å²) in [5.74, 6) is -0.234. The van der Waals surface area contributed by atoms with Crippen LogP contribution in [-0.2, 0) is 0 Å². The number of nitrogens with zero attached hydrogens (tertiary/aromatic N) is 2. The van der Waals surface area contributed by atoms with Crippen LogP contribution in [0.1, 0.15) is 32.9 Å². The molecule has 0 aliphatic heterocycles. The largest absolute Gasteiger partial charge is 0.318 e. The number of carbonyl (C=O) groups excluding carboxylic acids is 1. The fourth-order valence-corrected chi connectivity index (χ4v) is 3.28. The quantitative estimate of drug-likeness (QED) is 0.458. The molecular weight excluding hydrogens is 381 g/mol. The highest BCUT2D eigenvalue weighted by atomic mass is 35.5. The Labute approximate surface area is 168 Å². The Morgan fingerprint density at radius 3 is 2.48 bits per heavy atom. The SMILES string of the molecule is Cc1ccccc1C(=O)N/N=C\c1cc(C)n(-c2ccc(Cl)c(Cl)c2)c1C. The van der Waals surface area contributed by atoms with Crippen LogP contribution in [0.3, 0.4) is 0 Å². The Hall–Kier alpha value is -2.56. The van der Waals surface area contributed by atoms with Crippen LogP contribution in [0.15, 0.2) is 53.6 Å². The molecule has 0 bridgehead atoms. The molecule has 138 valence electrons. The molecule has 0 saturated carbocycles. The van der Waals surface area contributed by atoms with E-state index in [9.17, 15) is 4.79 Å². The number of halogens is 2. The highest BCUT2D eigenvalue weighted by molar-refractivity contribution is 6.42. The molecule has 0 fully saturated rings. The lowest BCUT2D eigenvalue weighted by molar-refractivity contribution is 0.0954. The van der Waals surface area contributed by atoms with Crippen LogP contribution in [0.2, 0.25) is 10.0 Å². The lowest BCUT2D eigenvalue weighted by atomic mass is 10.1. The maximum absolute atomic E-state index is 12.2. The van der Waals surface area contributed by atoms with Crippen molar-refractivity contribution in [3.63, 3.8) is 0 Å². The van der Waals surface area contributed by atoms with Gasteiger partial charge in [0.25, 0.3) is 5.91 Å². The van der Waals surface area contributed by atoms with Crippen molar-refractivity contribution in [2.45, 2.75) is 20.8 Å². The van der Waals surface area contributed by atoms with Gasteiger partial charge >= 0.3 is 0 Å². The highest BCUT2D eigenvalue weighted by Crippen LogP contribution is 2.27. The lowest BCUT2D eigenvalue weighted by Crippen LogP contribution is -2.18. The van der Waals surface area contributed by atoms with Crippen molar-refractivity contribution in [1.82, 2.24) is 9.99 Å². The Bertz CT molecular complexity index is 1040. The second-order valence-electron chi connectivity index (χ2n) is 6.27. The molecule has 2 aromatic carbocycles. The molecule has 0 unspecified atom stereocenters. The van der Waals surface area contributed by atoms with Crippen LogP contribution in [-0.4, -0.2) is 16.7 Å². The zero-order valence-electron chi connectivity index (χ0n) is 15.3. The fourth-order valence-electron chi connectivity index (χ4n) is 2.99. The number of aromatic nitrogens is 1. The zero-order valence-corrected chi connectivity index (χ0v) is 16.8. The lowest BCUT2D eigenvalue weighted by Gasteiger charge is -2.10. The predicted molar refractivity (Wildman–Crippen MR) is 112 cm³/mol. The van der Waals surface area contributed by atoms with E-state index in [0.29, 0.717) is 15.6 Å². The van der Waals surface area contributed by atoms with E-state index >= 15 is 0 Å². The Balaban J connectivity index is 1.82. The van der Waals surface area contributed by atoms with Gasteiger partial charge in [0.05, 0.1) is 16.3 Å². The smallest absolute Gasteiger partial charge is 0.271 e. The topological polar surface area (TPSA) is 46.4 Å². The van der Waals surface area contributed by atoms with Crippen LogP contribution in [0.5, 0.6) is 0 Å². The zero-order chi connectivity index (χ0) is 19.6. The van der Waals surface area contributed by atoms with Crippen LogP contribution >= 0.6 is 23.2 Å². The number of aryl methyl sites for hydroxylation is 2. The van der Waals surface area contributed by atoms with E-state index in [4.69, 9.17) is 23.2 Å². The second-order valence-corrected chi connectivity index (χ2v) is 7.09. The first-order valence-corrected chi connectivity index (χ1v) is 9.17. The van der Waals surface area contributed by atoms with Crippen LogP contribution in [0, 0.1) is 20.8 Å². The Morgan fingerprint density at radius 2 is 1.78 bits per heavy atom.